The molecule has 2 aliphatic rings. The van der Waals surface area contributed by atoms with Crippen LogP contribution in [0.3, 0.4) is 0 Å². The summed E-state index contributed by atoms with van der Waals surface area (Å²) in [6.45, 7) is 8.64. The van der Waals surface area contributed by atoms with Gasteiger partial charge in [-0.3, -0.25) is 15.0 Å². The monoisotopic (exact) mass is 575 g/mol. The van der Waals surface area contributed by atoms with Crippen molar-refractivity contribution in [1.29, 1.82) is 0 Å². The summed E-state index contributed by atoms with van der Waals surface area (Å²) in [4.78, 5) is 31.4. The van der Waals surface area contributed by atoms with E-state index in [1.54, 1.807) is 19.2 Å². The van der Waals surface area contributed by atoms with Crippen LogP contribution in [-0.4, -0.2) is 71.1 Å². The van der Waals surface area contributed by atoms with Gasteiger partial charge in [-0.2, -0.15) is 13.2 Å². The van der Waals surface area contributed by atoms with Gasteiger partial charge in [0.05, 0.1) is 30.3 Å². The van der Waals surface area contributed by atoms with Crippen molar-refractivity contribution in [2.45, 2.75) is 45.5 Å². The second-order valence-corrected chi connectivity index (χ2v) is 10.9. The molecule has 0 bridgehead atoms. The van der Waals surface area contributed by atoms with Gasteiger partial charge in [-0.1, -0.05) is 11.3 Å². The number of nitrogens with zero attached hydrogens (tertiary/aromatic N) is 5. The quantitative estimate of drug-likeness (QED) is 0.401. The average Bonchev–Trinajstić information content (AvgIpc) is 3.54. The summed E-state index contributed by atoms with van der Waals surface area (Å²) in [5.74, 6) is -0.00365. The Balaban J connectivity index is 1.42. The first kappa shape index (κ1) is 28.2. The zero-order valence-corrected chi connectivity index (χ0v) is 23.2. The van der Waals surface area contributed by atoms with Gasteiger partial charge in [0.15, 0.2) is 5.13 Å². The summed E-state index contributed by atoms with van der Waals surface area (Å²) >= 11 is 1.26. The van der Waals surface area contributed by atoms with E-state index in [1.165, 1.54) is 23.6 Å². The van der Waals surface area contributed by atoms with Crippen LogP contribution in [0.25, 0.3) is 11.3 Å². The number of rotatable bonds is 8. The first-order chi connectivity index (χ1) is 19.2. The molecule has 3 aromatic rings. The summed E-state index contributed by atoms with van der Waals surface area (Å²) in [6, 6.07) is 4.33. The second kappa shape index (κ2) is 12.1. The van der Waals surface area contributed by atoms with E-state index in [1.807, 2.05) is 0 Å². The number of nitrogens with one attached hydrogen (secondary N) is 2. The number of carbonyl (C=O) groups is 1. The van der Waals surface area contributed by atoms with Gasteiger partial charge in [0.25, 0.3) is 5.91 Å². The Kier molecular flexibility index (Phi) is 8.52. The molecule has 2 saturated heterocycles. The van der Waals surface area contributed by atoms with E-state index in [-0.39, 0.29) is 23.2 Å². The molecule has 0 unspecified atom stereocenters. The van der Waals surface area contributed by atoms with Crippen LogP contribution in [0.15, 0.2) is 30.6 Å². The third-order valence-electron chi connectivity index (χ3n) is 7.13. The molecule has 2 N–H and O–H groups in total. The molecule has 4 heterocycles. The summed E-state index contributed by atoms with van der Waals surface area (Å²) in [5.41, 5.74) is -0.000756. The zero-order chi connectivity index (χ0) is 28.3. The smallest absolute Gasteiger partial charge is 0.419 e. The van der Waals surface area contributed by atoms with E-state index in [0.29, 0.717) is 29.7 Å². The molecule has 0 aliphatic carbocycles. The van der Waals surface area contributed by atoms with Crippen LogP contribution in [0.4, 0.5) is 24.1 Å². The van der Waals surface area contributed by atoms with E-state index in [2.05, 4.69) is 42.3 Å². The molecule has 9 nitrogen and oxygen atoms in total. The lowest BCUT2D eigenvalue weighted by atomic mass is 10.1. The number of aromatic nitrogens is 3. The number of benzene rings is 1. The van der Waals surface area contributed by atoms with Crippen LogP contribution in [0.2, 0.25) is 0 Å². The number of alkyl halides is 3. The maximum atomic E-state index is 13.9. The molecule has 5 rings (SSSR count). The summed E-state index contributed by atoms with van der Waals surface area (Å²) < 4.78 is 46.9. The lowest BCUT2D eigenvalue weighted by Crippen LogP contribution is -2.44. The minimum absolute atomic E-state index is 0.118. The van der Waals surface area contributed by atoms with E-state index < -0.39 is 17.6 Å². The van der Waals surface area contributed by atoms with Gasteiger partial charge in [-0.05, 0) is 51.4 Å². The predicted octanol–water partition coefficient (Wildman–Crippen LogP) is 4.66. The number of anilines is 2. The molecule has 2 aliphatic heterocycles. The third kappa shape index (κ3) is 6.37. The first-order valence-electron chi connectivity index (χ1n) is 13.4. The molecule has 40 heavy (non-hydrogen) atoms. The standard InChI is InChI=1S/C27H32F3N7O2S/c1-3-39-21-7-6-18(13-19(21)27(28,29)30)24-22(16-37-10-4-5-17(37)2)40-26(34-24)35-25(38)20-14-33-23(15-32-20)36-11-8-31-9-12-36/h6-7,13-15,17,31H,3-5,8-12,16H2,1-2H3,(H,34,35,38)/t17-/m1/s1. The van der Waals surface area contributed by atoms with E-state index in [9.17, 15) is 18.0 Å². The van der Waals surface area contributed by atoms with Crippen LogP contribution in [-0.2, 0) is 12.7 Å². The molecule has 1 atom stereocenters. The largest absolute Gasteiger partial charge is 0.493 e. The molecule has 0 radical (unpaired) electrons. The Hall–Kier alpha value is -3.29. The zero-order valence-electron chi connectivity index (χ0n) is 22.4. The molecule has 2 fully saturated rings. The van der Waals surface area contributed by atoms with E-state index in [0.717, 1.165) is 56.5 Å². The Morgan fingerprint density at radius 2 is 2.00 bits per heavy atom. The van der Waals surface area contributed by atoms with Crippen molar-refractivity contribution in [3.05, 3.63) is 46.7 Å². The maximum absolute atomic E-state index is 13.9. The van der Waals surface area contributed by atoms with Crippen LogP contribution in [0.5, 0.6) is 5.75 Å². The molecule has 1 amide bonds. The highest BCUT2D eigenvalue weighted by atomic mass is 32.1. The van der Waals surface area contributed by atoms with E-state index >= 15 is 0 Å². The summed E-state index contributed by atoms with van der Waals surface area (Å²) in [5, 5.41) is 6.35. The molecular weight excluding hydrogens is 543 g/mol. The minimum atomic E-state index is -4.59. The Morgan fingerprint density at radius 1 is 1.20 bits per heavy atom. The van der Waals surface area contributed by atoms with Gasteiger partial charge in [0, 0.05) is 49.2 Å². The van der Waals surface area contributed by atoms with Crippen molar-refractivity contribution in [1.82, 2.24) is 25.2 Å². The first-order valence-corrected chi connectivity index (χ1v) is 14.2. The van der Waals surface area contributed by atoms with Gasteiger partial charge in [0.2, 0.25) is 0 Å². The topological polar surface area (TPSA) is 95.5 Å². The highest BCUT2D eigenvalue weighted by Gasteiger charge is 2.35. The molecule has 0 saturated carbocycles. The number of amides is 1. The summed E-state index contributed by atoms with van der Waals surface area (Å²) in [6.07, 6.45) is 0.527. The average molecular weight is 576 g/mol. The molecular formula is C27H32F3N7O2S. The van der Waals surface area contributed by atoms with E-state index in [4.69, 9.17) is 4.74 Å². The van der Waals surface area contributed by atoms with Gasteiger partial charge >= 0.3 is 6.18 Å². The Bertz CT molecular complexity index is 1330. The fourth-order valence-electron chi connectivity index (χ4n) is 4.99. The number of hydrogen-bond acceptors (Lipinski definition) is 9. The van der Waals surface area contributed by atoms with Gasteiger partial charge in [0.1, 0.15) is 17.3 Å². The van der Waals surface area contributed by atoms with Crippen LogP contribution < -0.4 is 20.3 Å². The normalized spacial score (nSPS) is 18.2. The lowest BCUT2D eigenvalue weighted by Gasteiger charge is -2.27. The second-order valence-electron chi connectivity index (χ2n) is 9.85. The molecule has 0 spiro atoms. The van der Waals surface area contributed by atoms with Crippen molar-refractivity contribution in [3.8, 4) is 17.0 Å². The SMILES string of the molecule is CCOc1ccc(-c2nc(NC(=O)c3cnc(N4CCNCC4)cn3)sc2CN2CCC[C@H]2C)cc1C(F)(F)F. The van der Waals surface area contributed by atoms with Crippen molar-refractivity contribution < 1.29 is 22.7 Å². The number of thiazole rings is 1. The maximum Gasteiger partial charge on any atom is 0.419 e. The number of carbonyl (C=O) groups excluding carboxylic acids is 1. The van der Waals surface area contributed by atoms with Gasteiger partial charge in [-0.15, -0.1) is 0 Å². The summed E-state index contributed by atoms with van der Waals surface area (Å²) in [7, 11) is 0. The van der Waals surface area contributed by atoms with Gasteiger partial charge in [-0.25, -0.2) is 15.0 Å². The molecule has 214 valence electrons. The van der Waals surface area contributed by atoms with Crippen molar-refractivity contribution in [2.75, 3.05) is 49.5 Å². The van der Waals surface area contributed by atoms with Crippen molar-refractivity contribution in [3.63, 3.8) is 0 Å². The number of ether oxygens (including phenoxy) is 1. The fraction of sp³-hybridized carbons (Fsp3) is 0.481. The van der Waals surface area contributed by atoms with Gasteiger partial charge < -0.3 is 15.0 Å². The molecule has 13 heteroatoms. The minimum Gasteiger partial charge on any atom is -0.493 e. The fourth-order valence-corrected chi connectivity index (χ4v) is 5.99. The third-order valence-corrected chi connectivity index (χ3v) is 8.08. The highest BCUT2D eigenvalue weighted by Crippen LogP contribution is 2.41. The number of likely N-dealkylation sites (tertiary alicyclic amines) is 1. The Morgan fingerprint density at radius 3 is 2.65 bits per heavy atom. The number of halogens is 3. The highest BCUT2D eigenvalue weighted by molar-refractivity contribution is 7.16. The number of hydrogen-bond donors (Lipinski definition) is 2. The Labute approximate surface area is 234 Å². The van der Waals surface area contributed by atoms with Crippen LogP contribution >= 0.6 is 11.3 Å². The van der Waals surface area contributed by atoms with Crippen LogP contribution in [0, 0.1) is 0 Å². The predicted molar refractivity (Wildman–Crippen MR) is 148 cm³/mol. The molecule has 1 aromatic carbocycles. The van der Waals surface area contributed by atoms with Crippen molar-refractivity contribution in [2.24, 2.45) is 0 Å². The molecule has 2 aromatic heterocycles. The van der Waals surface area contributed by atoms with Crippen molar-refractivity contribution >= 4 is 28.2 Å². The number of piperazine rings is 1. The van der Waals surface area contributed by atoms with Crippen LogP contribution in [0.1, 0.15) is 47.6 Å². The lowest BCUT2D eigenvalue weighted by molar-refractivity contribution is -0.138.